The summed E-state index contributed by atoms with van der Waals surface area (Å²) in [7, 11) is 0. The molecule has 1 aliphatic heterocycles. The van der Waals surface area contributed by atoms with E-state index in [0.717, 1.165) is 17.1 Å². The van der Waals surface area contributed by atoms with Crippen LogP contribution >= 0.6 is 23.1 Å². The van der Waals surface area contributed by atoms with Crippen LogP contribution in [0.1, 0.15) is 24.7 Å². The van der Waals surface area contributed by atoms with Crippen molar-refractivity contribution in [1.29, 1.82) is 0 Å². The van der Waals surface area contributed by atoms with E-state index < -0.39 is 0 Å². The average molecular weight is 381 g/mol. The van der Waals surface area contributed by atoms with Crippen LogP contribution in [0.4, 0.5) is 14.3 Å². The number of nitrogens with one attached hydrogen (secondary N) is 1. The van der Waals surface area contributed by atoms with Crippen LogP contribution in [-0.2, 0) is 0 Å². The van der Waals surface area contributed by atoms with Gasteiger partial charge >= 0.3 is 6.03 Å². The molecule has 1 aromatic carbocycles. The van der Waals surface area contributed by atoms with Gasteiger partial charge in [-0.25, -0.2) is 14.2 Å². The number of amides is 2. The Bertz CT molecular complexity index is 823. The van der Waals surface area contributed by atoms with Crippen molar-refractivity contribution in [2.45, 2.75) is 20.3 Å². The van der Waals surface area contributed by atoms with Gasteiger partial charge in [-0.15, -0.1) is 0 Å². The predicted octanol–water partition coefficient (Wildman–Crippen LogP) is 4.60. The van der Waals surface area contributed by atoms with Gasteiger partial charge in [-0.2, -0.15) is 4.37 Å². The molecule has 0 saturated carbocycles. The topological polar surface area (TPSA) is 58.1 Å². The highest BCUT2D eigenvalue weighted by Crippen LogP contribution is 2.27. The molecule has 3 rings (SSSR count). The van der Waals surface area contributed by atoms with E-state index in [1.165, 1.54) is 6.07 Å². The summed E-state index contributed by atoms with van der Waals surface area (Å²) < 4.78 is 18.0. The highest BCUT2D eigenvalue weighted by Gasteiger charge is 2.25. The maximum Gasteiger partial charge on any atom is 0.323 e. The Morgan fingerprint density at radius 3 is 2.96 bits per heavy atom. The minimum absolute atomic E-state index is 0.144. The Labute approximate surface area is 154 Å². The lowest BCUT2D eigenvalue weighted by Crippen LogP contribution is -2.42. The van der Waals surface area contributed by atoms with E-state index in [0.29, 0.717) is 41.1 Å². The van der Waals surface area contributed by atoms with Crippen molar-refractivity contribution in [2.75, 3.05) is 18.4 Å². The number of carbonyl (C=O) groups excluding carboxylic acids is 1. The van der Waals surface area contributed by atoms with Gasteiger partial charge < -0.3 is 4.90 Å². The number of aryl methyl sites for hydroxylation is 1. The molecule has 1 saturated heterocycles. The molecule has 1 N–H and O–H groups in total. The maximum absolute atomic E-state index is 14.0. The zero-order chi connectivity index (χ0) is 18.0. The summed E-state index contributed by atoms with van der Waals surface area (Å²) in [5.74, 6) is 0.451. The Balaban J connectivity index is 1.65. The molecule has 0 spiro atoms. The minimum atomic E-state index is -0.334. The number of carbonyl (C=O) groups is 1. The number of piperidine rings is 1. The highest BCUT2D eigenvalue weighted by atomic mass is 35.5. The van der Waals surface area contributed by atoms with Gasteiger partial charge in [0.1, 0.15) is 11.6 Å². The van der Waals surface area contributed by atoms with Gasteiger partial charge in [-0.05, 0) is 31.4 Å². The zero-order valence-corrected chi connectivity index (χ0v) is 15.5. The van der Waals surface area contributed by atoms with Crippen molar-refractivity contribution >= 4 is 40.4 Å². The minimum Gasteiger partial charge on any atom is -0.324 e. The van der Waals surface area contributed by atoms with Crippen LogP contribution in [0.3, 0.4) is 0 Å². The molecule has 132 valence electrons. The number of hydrogen-bond donors (Lipinski definition) is 1. The molecule has 25 heavy (non-hydrogen) atoms. The van der Waals surface area contributed by atoms with Crippen LogP contribution < -0.4 is 5.32 Å². The molecule has 1 aromatic heterocycles. The van der Waals surface area contributed by atoms with Crippen molar-refractivity contribution in [2.24, 2.45) is 5.92 Å². The monoisotopic (exact) mass is 380 g/mol. The number of aromatic nitrogens is 2. The van der Waals surface area contributed by atoms with E-state index in [1.54, 1.807) is 24.0 Å². The lowest BCUT2D eigenvalue weighted by Gasteiger charge is -2.33. The van der Waals surface area contributed by atoms with Gasteiger partial charge in [0.25, 0.3) is 0 Å². The number of nitrogens with zero attached hydrogens (tertiary/aromatic N) is 3. The number of hydrogen-bond acceptors (Lipinski definition) is 4. The first-order chi connectivity index (χ1) is 11.9. The van der Waals surface area contributed by atoms with E-state index in [9.17, 15) is 9.18 Å². The molecule has 2 amide bonds. The van der Waals surface area contributed by atoms with E-state index in [4.69, 9.17) is 11.6 Å². The Kier molecular flexibility index (Phi) is 5.34. The predicted molar refractivity (Wildman–Crippen MR) is 98.4 cm³/mol. The fourth-order valence-corrected chi connectivity index (χ4v) is 3.51. The molecule has 5 nitrogen and oxygen atoms in total. The molecule has 0 bridgehead atoms. The molecular weight excluding hydrogens is 363 g/mol. The van der Waals surface area contributed by atoms with Gasteiger partial charge in [0.2, 0.25) is 5.13 Å². The van der Waals surface area contributed by atoms with Gasteiger partial charge in [0, 0.05) is 35.2 Å². The molecule has 0 radical (unpaired) electrons. The summed E-state index contributed by atoms with van der Waals surface area (Å²) in [6.07, 6.45) is 2.56. The largest absolute Gasteiger partial charge is 0.324 e. The first-order valence-electron chi connectivity index (χ1n) is 7.94. The summed E-state index contributed by atoms with van der Waals surface area (Å²) in [4.78, 5) is 18.2. The fourth-order valence-electron chi connectivity index (χ4n) is 2.79. The van der Waals surface area contributed by atoms with Crippen LogP contribution in [0.2, 0.25) is 5.02 Å². The standard InChI is InChI=1S/C17H18ClFN4OS/c1-10-9-23(17(24)21-16-20-11(2)22-25-16)6-5-12(10)7-13-3-4-14(18)8-15(13)19/h3-4,7-8,10H,5-6,9H2,1-2H3,(H,20,21,22,24)/b12-7+. The molecule has 0 aliphatic carbocycles. The van der Waals surface area contributed by atoms with Crippen molar-refractivity contribution < 1.29 is 9.18 Å². The number of likely N-dealkylation sites (tertiary alicyclic amines) is 1. The van der Waals surface area contributed by atoms with Crippen LogP contribution in [0.5, 0.6) is 0 Å². The van der Waals surface area contributed by atoms with Gasteiger partial charge in [-0.3, -0.25) is 5.32 Å². The number of anilines is 1. The molecule has 2 aromatic rings. The van der Waals surface area contributed by atoms with E-state index in [2.05, 4.69) is 14.7 Å². The Morgan fingerprint density at radius 2 is 2.32 bits per heavy atom. The van der Waals surface area contributed by atoms with Gasteiger partial charge in [0.15, 0.2) is 0 Å². The second-order valence-electron chi connectivity index (χ2n) is 6.06. The third-order valence-electron chi connectivity index (χ3n) is 4.13. The normalized spacial score (nSPS) is 19.3. The van der Waals surface area contributed by atoms with Gasteiger partial charge in [-0.1, -0.05) is 36.2 Å². The SMILES string of the molecule is Cc1nsc(NC(=O)N2CC/C(=C\c3ccc(Cl)cc3F)C(C)C2)n1. The molecule has 1 fully saturated rings. The molecule has 2 heterocycles. The molecule has 8 heteroatoms. The summed E-state index contributed by atoms with van der Waals surface area (Å²) in [6, 6.07) is 4.48. The van der Waals surface area contributed by atoms with Gasteiger partial charge in [0.05, 0.1) is 0 Å². The number of rotatable bonds is 2. The second-order valence-corrected chi connectivity index (χ2v) is 7.25. The number of urea groups is 1. The highest BCUT2D eigenvalue weighted by molar-refractivity contribution is 7.09. The molecule has 1 aliphatic rings. The van der Waals surface area contributed by atoms with E-state index >= 15 is 0 Å². The van der Waals surface area contributed by atoms with E-state index in [1.807, 2.05) is 13.0 Å². The first kappa shape index (κ1) is 17.8. The zero-order valence-electron chi connectivity index (χ0n) is 13.9. The smallest absolute Gasteiger partial charge is 0.323 e. The number of halogens is 2. The lowest BCUT2D eigenvalue weighted by atomic mass is 9.91. The third kappa shape index (κ3) is 4.35. The summed E-state index contributed by atoms with van der Waals surface area (Å²) in [5, 5.41) is 3.65. The number of benzene rings is 1. The summed E-state index contributed by atoms with van der Waals surface area (Å²) in [5.41, 5.74) is 1.64. The van der Waals surface area contributed by atoms with Crippen molar-refractivity contribution in [1.82, 2.24) is 14.3 Å². The summed E-state index contributed by atoms with van der Waals surface area (Å²) >= 11 is 6.95. The average Bonchev–Trinajstić information content (AvgIpc) is 2.96. The molecular formula is C17H18ClFN4OS. The molecule has 1 atom stereocenters. The quantitative estimate of drug-likeness (QED) is 0.828. The Morgan fingerprint density at radius 1 is 1.52 bits per heavy atom. The van der Waals surface area contributed by atoms with Crippen LogP contribution in [0.25, 0.3) is 6.08 Å². The van der Waals surface area contributed by atoms with Crippen molar-refractivity contribution in [3.8, 4) is 0 Å². The third-order valence-corrected chi connectivity index (χ3v) is 5.09. The van der Waals surface area contributed by atoms with E-state index in [-0.39, 0.29) is 17.8 Å². The van der Waals surface area contributed by atoms with Crippen molar-refractivity contribution in [3.05, 3.63) is 46.0 Å². The van der Waals surface area contributed by atoms with Crippen LogP contribution in [0, 0.1) is 18.7 Å². The van der Waals surface area contributed by atoms with Crippen LogP contribution in [-0.4, -0.2) is 33.4 Å². The second kappa shape index (κ2) is 7.49. The van der Waals surface area contributed by atoms with Crippen molar-refractivity contribution in [3.63, 3.8) is 0 Å². The molecule has 1 unspecified atom stereocenters. The summed E-state index contributed by atoms with van der Waals surface area (Å²) in [6.45, 7) is 4.97. The fraction of sp³-hybridized carbons (Fsp3) is 0.353. The lowest BCUT2D eigenvalue weighted by molar-refractivity contribution is 0.198. The van der Waals surface area contributed by atoms with Crippen LogP contribution in [0.15, 0.2) is 23.8 Å². The first-order valence-corrected chi connectivity index (χ1v) is 9.09. The Hall–Kier alpha value is -1.99. The maximum atomic E-state index is 14.0.